The number of allylic oxidation sites excluding steroid dienone is 1. The van der Waals surface area contributed by atoms with E-state index >= 15 is 4.79 Å². The van der Waals surface area contributed by atoms with Gasteiger partial charge in [0, 0.05) is 78.8 Å². The van der Waals surface area contributed by atoms with E-state index in [1.165, 1.54) is 24.5 Å². The van der Waals surface area contributed by atoms with Crippen molar-refractivity contribution in [1.29, 1.82) is 0 Å². The highest BCUT2D eigenvalue weighted by atomic mass is 33.1. The Morgan fingerprint density at radius 1 is 0.937 bits per heavy atom. The monoisotopic (exact) mass is 1100 g/mol. The molecule has 79 heavy (non-hydrogen) atoms. The molecule has 5 N–H and O–H groups in total. The van der Waals surface area contributed by atoms with E-state index in [1.54, 1.807) is 0 Å². The number of guanidine groups is 1. The molecule has 10 nitrogen and oxygen atoms in total. The molecule has 1 saturated heterocycles. The number of carbonyl (C=O) groups excluding carboxylic acids is 2. The molecule has 3 aromatic rings. The number of amides is 1. The molecule has 12 heteroatoms. The number of aryl methyl sites for hydroxylation is 2. The second kappa shape index (κ2) is 21.3. The third-order valence-electron chi connectivity index (χ3n) is 22.4. The lowest BCUT2D eigenvalue weighted by atomic mass is 9.60. The molecule has 6 fully saturated rings. The molecule has 12 bridgehead atoms. The number of esters is 1. The molecular weight excluding hydrogens is 1020 g/mol. The molecule has 3 aromatic carbocycles. The van der Waals surface area contributed by atoms with Crippen LogP contribution in [0.3, 0.4) is 0 Å². The fourth-order valence-electron chi connectivity index (χ4n) is 18.3. The van der Waals surface area contributed by atoms with E-state index in [4.69, 9.17) is 20.2 Å². The van der Waals surface area contributed by atoms with Crippen LogP contribution in [0, 0.1) is 51.8 Å². The van der Waals surface area contributed by atoms with Crippen LogP contribution in [0.5, 0.6) is 11.5 Å². The van der Waals surface area contributed by atoms with Crippen LogP contribution >= 0.6 is 21.6 Å². The number of ether oxygens (including phenoxy) is 2. The number of carbonyl (C=O) groups is 2. The van der Waals surface area contributed by atoms with Crippen molar-refractivity contribution >= 4 is 39.4 Å². The number of nitrogens with one attached hydrogen (secondary N) is 1. The van der Waals surface area contributed by atoms with E-state index in [0.717, 1.165) is 132 Å². The van der Waals surface area contributed by atoms with Crippen molar-refractivity contribution in [2.75, 3.05) is 18.8 Å². The summed E-state index contributed by atoms with van der Waals surface area (Å²) in [6.45, 7) is 2.63. The first-order valence-electron chi connectivity index (χ1n) is 30.7. The molecule has 6 heterocycles. The average Bonchev–Trinajstić information content (AvgIpc) is 3.94. The number of phenols is 1. The lowest BCUT2D eigenvalue weighted by molar-refractivity contribution is -0.168. The maximum absolute atomic E-state index is 15.3. The van der Waals surface area contributed by atoms with Crippen molar-refractivity contribution < 1.29 is 29.3 Å². The predicted molar refractivity (Wildman–Crippen MR) is 315 cm³/mol. The number of aliphatic hydroxyl groups is 1. The Balaban J connectivity index is 0.907. The molecule has 13 unspecified atom stereocenters. The number of fused-ring (bicyclic) bond motifs is 10. The summed E-state index contributed by atoms with van der Waals surface area (Å²) in [4.78, 5) is 35.6. The molecule has 1 amide bonds. The minimum Gasteiger partial charge on any atom is -0.504 e. The fraction of sp³-hybridized carbons (Fsp3) is 0.627. The van der Waals surface area contributed by atoms with Gasteiger partial charge in [-0.3, -0.25) is 14.6 Å². The first kappa shape index (κ1) is 53.7. The number of hydrogen-bond acceptors (Lipinski definition) is 11. The fourth-order valence-corrected chi connectivity index (χ4v) is 22.3. The van der Waals surface area contributed by atoms with Crippen molar-refractivity contribution in [3.63, 3.8) is 0 Å². The van der Waals surface area contributed by atoms with Gasteiger partial charge < -0.3 is 35.6 Å². The average molecular weight is 1110 g/mol. The Kier molecular flexibility index (Phi) is 14.5. The van der Waals surface area contributed by atoms with Gasteiger partial charge in [0.05, 0.1) is 18.1 Å². The van der Waals surface area contributed by atoms with Gasteiger partial charge in [0.1, 0.15) is 16.1 Å². The van der Waals surface area contributed by atoms with Crippen molar-refractivity contribution in [2.45, 2.75) is 202 Å². The van der Waals surface area contributed by atoms with Crippen LogP contribution in [0.2, 0.25) is 0 Å². The van der Waals surface area contributed by atoms with E-state index in [2.05, 4.69) is 96.0 Å². The number of phenolic OH excluding ortho intramolecular Hbond substituents is 1. The Morgan fingerprint density at radius 2 is 1.78 bits per heavy atom. The van der Waals surface area contributed by atoms with Gasteiger partial charge in [0.15, 0.2) is 17.5 Å². The van der Waals surface area contributed by atoms with Crippen LogP contribution in [0.15, 0.2) is 83.9 Å². The van der Waals surface area contributed by atoms with Crippen LogP contribution in [0.25, 0.3) is 0 Å². The van der Waals surface area contributed by atoms with Crippen LogP contribution in [0.1, 0.15) is 188 Å². The Morgan fingerprint density at radius 3 is 2.62 bits per heavy atom. The Bertz CT molecular complexity index is 2930. The minimum absolute atomic E-state index is 0.0609. The summed E-state index contributed by atoms with van der Waals surface area (Å²) in [6.07, 6.45) is 26.0. The zero-order valence-electron chi connectivity index (χ0n) is 46.7. The summed E-state index contributed by atoms with van der Waals surface area (Å²) in [5.74, 6) is 11.5. The van der Waals surface area contributed by atoms with Crippen LogP contribution in [-0.2, 0) is 33.7 Å². The molecule has 6 aliphatic carbocycles. The zero-order chi connectivity index (χ0) is 54.0. The van der Waals surface area contributed by atoms with E-state index in [-0.39, 0.29) is 52.2 Å². The first-order chi connectivity index (χ1) is 38.3. The number of benzene rings is 3. The predicted octanol–water partition coefficient (Wildman–Crippen LogP) is 12.8. The molecule has 0 aromatic heterocycles. The number of nitrogens with zero attached hydrogens (tertiary/aromatic N) is 2. The molecular formula is C67H84N4O6S2. The van der Waals surface area contributed by atoms with E-state index in [0.29, 0.717) is 80.2 Å². The summed E-state index contributed by atoms with van der Waals surface area (Å²) in [5, 5.41) is 29.0. The van der Waals surface area contributed by atoms with E-state index in [9.17, 15) is 15.0 Å². The molecule has 5 spiro atoms. The highest BCUT2D eigenvalue weighted by molar-refractivity contribution is 8.77. The van der Waals surface area contributed by atoms with Gasteiger partial charge >= 0.3 is 5.97 Å². The number of aromatic hydroxyl groups is 1. The van der Waals surface area contributed by atoms with Gasteiger partial charge in [0.25, 0.3) is 0 Å². The number of aliphatic hydroxyl groups excluding tert-OH is 1. The lowest BCUT2D eigenvalue weighted by Gasteiger charge is -2.45. The minimum atomic E-state index is -0.829. The molecule has 5 saturated carbocycles. The van der Waals surface area contributed by atoms with Gasteiger partial charge in [-0.15, -0.1) is 5.92 Å². The lowest BCUT2D eigenvalue weighted by Crippen LogP contribution is -2.56. The maximum Gasteiger partial charge on any atom is 0.303 e. The highest BCUT2D eigenvalue weighted by Crippen LogP contribution is 2.67. The Labute approximate surface area is 477 Å². The van der Waals surface area contributed by atoms with E-state index in [1.807, 2.05) is 26.5 Å². The second-order valence-electron chi connectivity index (χ2n) is 26.7. The standard InChI is InChI=1S/C67H84N4O6S2/c1-45(72)76-64-33-23-50(56(73)39-64)18-8-14-48(21-20-46-12-4-2-5-13-46)42-78-79-67-30-11-28-62(67)31-22-47(38-62)15-9-27-63(43-69-61(68)70-67)32-26-55(49-16-6-3-7-17-49)65(63)40-57(74)71(44-65)41-53-36-51(24-34-64)58-52-25-35-66(77-60(58)59(53)75)29-10-19-54(66)37-52/h2-7,12-13,16-17,25,35-36,47-48,50,52,54-56,73,75H,8,10-11,14-15,18-24,26,28-34,37-44H2,1H3,(H3,68,69,70). The van der Waals surface area contributed by atoms with Gasteiger partial charge in [-0.2, -0.15) is 0 Å². The first-order valence-corrected chi connectivity index (χ1v) is 33.0. The van der Waals surface area contributed by atoms with Gasteiger partial charge in [0.2, 0.25) is 5.91 Å². The van der Waals surface area contributed by atoms with Crippen molar-refractivity contribution in [3.8, 4) is 23.3 Å². The number of aliphatic imine (C=N–C) groups is 1. The highest BCUT2D eigenvalue weighted by Gasteiger charge is 2.65. The molecule has 0 radical (unpaired) electrons. The summed E-state index contributed by atoms with van der Waals surface area (Å²) in [5.41, 5.74) is 10.3. The third kappa shape index (κ3) is 9.71. The van der Waals surface area contributed by atoms with Crippen molar-refractivity contribution in [1.82, 2.24) is 10.2 Å². The van der Waals surface area contributed by atoms with Crippen LogP contribution in [0.4, 0.5) is 0 Å². The SMILES string of the molecule is CC(=O)OC12CCc3cc(c(O)c4c3C3C=CC5(CCCC5C3)O4)CN3CC4(CC3=O)C(c3ccccc3)CCC43C#CCC4CCC5(CCCC5(NC(N)=NC3)SSCC(CCc3ccccc3)CCCC(CC1)C(O)C2)C4. The number of nitrogens with two attached hydrogens (primary N) is 1. The molecule has 15 rings (SSSR count). The van der Waals surface area contributed by atoms with Gasteiger partial charge in [-0.1, -0.05) is 101 Å². The second-order valence-corrected chi connectivity index (χ2v) is 29.4. The largest absolute Gasteiger partial charge is 0.504 e. The molecule has 13 atom stereocenters. The molecule has 12 aliphatic rings. The summed E-state index contributed by atoms with van der Waals surface area (Å²) in [7, 11) is 4.09. The molecule has 6 aliphatic heterocycles. The number of hydrogen-bond donors (Lipinski definition) is 4. The summed E-state index contributed by atoms with van der Waals surface area (Å²) in [6, 6.07) is 23.9. The van der Waals surface area contributed by atoms with Crippen molar-refractivity contribution in [3.05, 3.63) is 107 Å². The normalized spacial score (nSPS) is 38.8. The van der Waals surface area contributed by atoms with Crippen LogP contribution < -0.4 is 15.8 Å². The van der Waals surface area contributed by atoms with Gasteiger partial charge in [-0.25, -0.2) is 0 Å². The van der Waals surface area contributed by atoms with Crippen molar-refractivity contribution in [2.24, 2.45) is 50.6 Å². The Hall–Kier alpha value is -4.57. The van der Waals surface area contributed by atoms with Gasteiger partial charge in [-0.05, 0) is 181 Å². The summed E-state index contributed by atoms with van der Waals surface area (Å²) < 4.78 is 13.7. The molecule has 420 valence electrons. The zero-order valence-corrected chi connectivity index (χ0v) is 48.3. The summed E-state index contributed by atoms with van der Waals surface area (Å²) >= 11 is 0. The van der Waals surface area contributed by atoms with E-state index < -0.39 is 28.1 Å². The topological polar surface area (TPSA) is 147 Å². The smallest absolute Gasteiger partial charge is 0.303 e. The number of rotatable bonds is 5. The van der Waals surface area contributed by atoms with Crippen LogP contribution in [-0.4, -0.2) is 74.0 Å². The maximum atomic E-state index is 15.3. The quantitative estimate of drug-likeness (QED) is 0.0843. The third-order valence-corrected chi connectivity index (χ3v) is 25.8.